The van der Waals surface area contributed by atoms with Crippen LogP contribution in [0.25, 0.3) is 0 Å². The van der Waals surface area contributed by atoms with Crippen LogP contribution < -0.4 is 10.6 Å². The molecule has 4 aliphatic rings. The van der Waals surface area contributed by atoms with Crippen molar-refractivity contribution in [1.82, 2.24) is 10.6 Å². The Morgan fingerprint density at radius 3 is 2.30 bits per heavy atom. The molecule has 4 rings (SSSR count). The molecule has 0 saturated heterocycles. The number of fused-ring (bicyclic) bond motifs is 1. The SMILES string of the molecule is C[C@H]1[C@@H]2[C@@H](O)[C@H]([C@H](C)C(=O)NC3CC3)CC[C@@]2(C)CC[C@@H]1NC(=O)C1CCCCC1. The largest absolute Gasteiger partial charge is 0.392 e. The summed E-state index contributed by atoms with van der Waals surface area (Å²) in [5.41, 5.74) is 0.105. The van der Waals surface area contributed by atoms with Crippen LogP contribution in [0.2, 0.25) is 0 Å². The van der Waals surface area contributed by atoms with Gasteiger partial charge < -0.3 is 15.7 Å². The molecule has 0 heterocycles. The highest BCUT2D eigenvalue weighted by atomic mass is 16.3. The number of aliphatic hydroxyl groups is 1. The van der Waals surface area contributed by atoms with Crippen molar-refractivity contribution < 1.29 is 14.7 Å². The normalized spacial score (nSPS) is 40.9. The Labute approximate surface area is 182 Å². The molecular formula is C25H42N2O3. The van der Waals surface area contributed by atoms with Crippen molar-refractivity contribution >= 4 is 11.8 Å². The van der Waals surface area contributed by atoms with Gasteiger partial charge in [0, 0.05) is 23.9 Å². The van der Waals surface area contributed by atoms with Gasteiger partial charge >= 0.3 is 0 Å². The second-order valence-electron chi connectivity index (χ2n) is 11.3. The Bertz CT molecular complexity index is 642. The summed E-state index contributed by atoms with van der Waals surface area (Å²) in [5, 5.41) is 18.0. The van der Waals surface area contributed by atoms with E-state index in [9.17, 15) is 14.7 Å². The van der Waals surface area contributed by atoms with Crippen LogP contribution in [0.5, 0.6) is 0 Å². The first-order valence-corrected chi connectivity index (χ1v) is 12.6. The summed E-state index contributed by atoms with van der Waals surface area (Å²) in [6.45, 7) is 6.53. The molecule has 0 aromatic carbocycles. The number of amides is 2. The van der Waals surface area contributed by atoms with Crippen molar-refractivity contribution in [3.8, 4) is 0 Å². The molecule has 2 amide bonds. The highest BCUT2D eigenvalue weighted by Gasteiger charge is 2.54. The minimum Gasteiger partial charge on any atom is -0.392 e. The zero-order valence-electron chi connectivity index (χ0n) is 19.2. The number of carbonyl (C=O) groups excluding carboxylic acids is 2. The summed E-state index contributed by atoms with van der Waals surface area (Å²) in [6.07, 6.45) is 11.4. The fourth-order valence-electron chi connectivity index (χ4n) is 6.92. The van der Waals surface area contributed by atoms with Gasteiger partial charge in [-0.25, -0.2) is 0 Å². The van der Waals surface area contributed by atoms with E-state index in [0.717, 1.165) is 51.4 Å². The Morgan fingerprint density at radius 2 is 1.63 bits per heavy atom. The zero-order chi connectivity index (χ0) is 21.5. The minimum atomic E-state index is -0.479. The molecule has 4 aliphatic carbocycles. The standard InChI is InChI=1S/C25H42N2O3/c1-15(23(29)26-18-9-10-18)19-11-13-25(3)14-12-20(16(2)21(25)22(19)28)27-24(30)17-7-5-4-6-8-17/h15-22,28H,4-14H2,1-3H3,(H,26,29)(H,27,30)/t15-,16+,19-,20-,21+,22-,25-/m0/s1. The molecule has 30 heavy (non-hydrogen) atoms. The van der Waals surface area contributed by atoms with E-state index in [1.807, 2.05) is 6.92 Å². The van der Waals surface area contributed by atoms with Gasteiger partial charge in [-0.05, 0) is 74.5 Å². The lowest BCUT2D eigenvalue weighted by Crippen LogP contribution is -2.59. The van der Waals surface area contributed by atoms with E-state index in [1.54, 1.807) is 0 Å². The van der Waals surface area contributed by atoms with Gasteiger partial charge in [-0.15, -0.1) is 0 Å². The third-order valence-electron chi connectivity index (χ3n) is 9.17. The van der Waals surface area contributed by atoms with E-state index >= 15 is 0 Å². The Balaban J connectivity index is 1.42. The lowest BCUT2D eigenvalue weighted by molar-refractivity contribution is -0.144. The van der Waals surface area contributed by atoms with Crippen molar-refractivity contribution in [2.24, 2.45) is 35.0 Å². The van der Waals surface area contributed by atoms with Gasteiger partial charge in [0.25, 0.3) is 0 Å². The number of nitrogens with one attached hydrogen (secondary N) is 2. The molecule has 3 N–H and O–H groups in total. The zero-order valence-corrected chi connectivity index (χ0v) is 19.2. The number of hydrogen-bond acceptors (Lipinski definition) is 3. The average molecular weight is 419 g/mol. The second kappa shape index (κ2) is 8.80. The molecular weight excluding hydrogens is 376 g/mol. The van der Waals surface area contributed by atoms with Crippen LogP contribution in [-0.4, -0.2) is 35.1 Å². The van der Waals surface area contributed by atoms with E-state index < -0.39 is 6.10 Å². The van der Waals surface area contributed by atoms with Crippen LogP contribution in [0.4, 0.5) is 0 Å². The number of carbonyl (C=O) groups is 2. The molecule has 0 aromatic rings. The monoisotopic (exact) mass is 418 g/mol. The summed E-state index contributed by atoms with van der Waals surface area (Å²) < 4.78 is 0. The maximum absolute atomic E-state index is 12.9. The van der Waals surface area contributed by atoms with Crippen LogP contribution in [0.15, 0.2) is 0 Å². The Kier molecular flexibility index (Phi) is 6.48. The third-order valence-corrected chi connectivity index (χ3v) is 9.17. The van der Waals surface area contributed by atoms with Gasteiger partial charge in [-0.2, -0.15) is 0 Å². The van der Waals surface area contributed by atoms with Crippen molar-refractivity contribution in [2.75, 3.05) is 0 Å². The maximum atomic E-state index is 12.9. The van der Waals surface area contributed by atoms with Gasteiger partial charge in [0.2, 0.25) is 11.8 Å². The predicted molar refractivity (Wildman–Crippen MR) is 118 cm³/mol. The first-order chi connectivity index (χ1) is 14.3. The summed E-state index contributed by atoms with van der Waals surface area (Å²) in [7, 11) is 0. The summed E-state index contributed by atoms with van der Waals surface area (Å²) in [5.74, 6) is 0.733. The van der Waals surface area contributed by atoms with E-state index in [-0.39, 0.29) is 52.9 Å². The number of aliphatic hydroxyl groups excluding tert-OH is 1. The average Bonchev–Trinajstić information content (AvgIpc) is 3.54. The Morgan fingerprint density at radius 1 is 0.967 bits per heavy atom. The van der Waals surface area contributed by atoms with Gasteiger partial charge in [-0.1, -0.05) is 40.0 Å². The lowest BCUT2D eigenvalue weighted by atomic mass is 9.51. The minimum absolute atomic E-state index is 0.0112. The fraction of sp³-hybridized carbons (Fsp3) is 0.920. The molecule has 0 unspecified atom stereocenters. The Hall–Kier alpha value is -1.10. The van der Waals surface area contributed by atoms with Crippen molar-refractivity contribution in [3.63, 3.8) is 0 Å². The molecule has 0 spiro atoms. The van der Waals surface area contributed by atoms with Crippen molar-refractivity contribution in [1.29, 1.82) is 0 Å². The fourth-order valence-corrected chi connectivity index (χ4v) is 6.92. The highest BCUT2D eigenvalue weighted by molar-refractivity contribution is 5.79. The van der Waals surface area contributed by atoms with E-state index in [2.05, 4.69) is 24.5 Å². The molecule has 5 nitrogen and oxygen atoms in total. The van der Waals surface area contributed by atoms with Crippen LogP contribution in [0.1, 0.15) is 91.4 Å². The summed E-state index contributed by atoms with van der Waals surface area (Å²) in [6, 6.07) is 0.500. The number of rotatable bonds is 5. The van der Waals surface area contributed by atoms with Crippen LogP contribution in [-0.2, 0) is 9.59 Å². The molecule has 0 radical (unpaired) electrons. The highest BCUT2D eigenvalue weighted by Crippen LogP contribution is 2.55. The topological polar surface area (TPSA) is 78.4 Å². The van der Waals surface area contributed by atoms with Crippen LogP contribution in [0.3, 0.4) is 0 Å². The smallest absolute Gasteiger partial charge is 0.223 e. The van der Waals surface area contributed by atoms with Gasteiger partial charge in [0.05, 0.1) is 6.10 Å². The third kappa shape index (κ3) is 4.42. The molecule has 4 fully saturated rings. The van der Waals surface area contributed by atoms with E-state index in [0.29, 0.717) is 6.04 Å². The summed E-state index contributed by atoms with van der Waals surface area (Å²) in [4.78, 5) is 25.5. The summed E-state index contributed by atoms with van der Waals surface area (Å²) >= 11 is 0. The van der Waals surface area contributed by atoms with Crippen molar-refractivity contribution in [2.45, 2.75) is 110 Å². The molecule has 4 saturated carbocycles. The van der Waals surface area contributed by atoms with E-state index in [4.69, 9.17) is 0 Å². The first kappa shape index (κ1) is 22.1. The van der Waals surface area contributed by atoms with Gasteiger partial charge in [0.1, 0.15) is 0 Å². The van der Waals surface area contributed by atoms with Gasteiger partial charge in [0.15, 0.2) is 0 Å². The molecule has 0 aromatic heterocycles. The lowest BCUT2D eigenvalue weighted by Gasteiger charge is -2.56. The first-order valence-electron chi connectivity index (χ1n) is 12.6. The molecule has 0 aliphatic heterocycles. The molecule has 170 valence electrons. The second-order valence-corrected chi connectivity index (χ2v) is 11.3. The molecule has 7 atom stereocenters. The number of hydrogen-bond donors (Lipinski definition) is 3. The maximum Gasteiger partial charge on any atom is 0.223 e. The van der Waals surface area contributed by atoms with Crippen LogP contribution in [0, 0.1) is 35.0 Å². The molecule has 0 bridgehead atoms. The van der Waals surface area contributed by atoms with E-state index in [1.165, 1.54) is 19.3 Å². The predicted octanol–water partition coefficient (Wildman–Crippen LogP) is 3.79. The quantitative estimate of drug-likeness (QED) is 0.636. The molecule has 5 heteroatoms. The van der Waals surface area contributed by atoms with Crippen molar-refractivity contribution in [3.05, 3.63) is 0 Å². The van der Waals surface area contributed by atoms with Gasteiger partial charge in [-0.3, -0.25) is 9.59 Å². The van der Waals surface area contributed by atoms with Crippen LogP contribution >= 0.6 is 0 Å².